The number of amides is 2. The second-order valence-corrected chi connectivity index (χ2v) is 8.62. The van der Waals surface area contributed by atoms with Crippen LogP contribution in [0, 0.1) is 0 Å². The van der Waals surface area contributed by atoms with Gasteiger partial charge in [-0.05, 0) is 45.0 Å². The highest BCUT2D eigenvalue weighted by molar-refractivity contribution is 6.17. The summed E-state index contributed by atoms with van der Waals surface area (Å²) in [4.78, 5) is 37.9. The van der Waals surface area contributed by atoms with Gasteiger partial charge in [-0.15, -0.1) is 0 Å². The first kappa shape index (κ1) is 21.6. The number of rotatable bonds is 6. The van der Waals surface area contributed by atoms with Crippen LogP contribution in [0.4, 0.5) is 5.69 Å². The summed E-state index contributed by atoms with van der Waals surface area (Å²) in [5.74, 6) is -1.26. The standard InChI is InChI=1S/C24H25N3O5/c1-24(2,3)32-22(30)14-27-19-7-5-4-6-16(19)17-12-15(8-9-20(17)27)25-18-13-21(29)26(10-11-28)23(18)31/h4-9,12-13,25,28H,10-11,14H2,1-3H3. The van der Waals surface area contributed by atoms with Gasteiger partial charge in [0.1, 0.15) is 17.8 Å². The molecule has 2 amide bonds. The number of nitrogens with one attached hydrogen (secondary N) is 1. The topological polar surface area (TPSA) is 101 Å². The number of imide groups is 1. The van der Waals surface area contributed by atoms with E-state index in [0.29, 0.717) is 5.69 Å². The minimum Gasteiger partial charge on any atom is -0.459 e. The van der Waals surface area contributed by atoms with Crippen molar-refractivity contribution in [3.8, 4) is 0 Å². The number of esters is 1. The number of aliphatic hydroxyl groups excluding tert-OH is 1. The molecule has 8 heteroatoms. The number of anilines is 1. The van der Waals surface area contributed by atoms with Crippen LogP contribution in [-0.2, 0) is 25.7 Å². The van der Waals surface area contributed by atoms with Crippen LogP contribution in [-0.4, -0.2) is 51.1 Å². The van der Waals surface area contributed by atoms with Crippen LogP contribution in [0.15, 0.2) is 54.2 Å². The van der Waals surface area contributed by atoms with E-state index in [0.717, 1.165) is 26.7 Å². The minimum absolute atomic E-state index is 0.0451. The van der Waals surface area contributed by atoms with E-state index in [1.807, 2.05) is 61.7 Å². The smallest absolute Gasteiger partial charge is 0.326 e. The van der Waals surface area contributed by atoms with Crippen molar-refractivity contribution in [3.63, 3.8) is 0 Å². The number of carbonyl (C=O) groups excluding carboxylic acids is 3. The predicted molar refractivity (Wildman–Crippen MR) is 121 cm³/mol. The van der Waals surface area contributed by atoms with Gasteiger partial charge in [0, 0.05) is 33.6 Å². The van der Waals surface area contributed by atoms with Crippen molar-refractivity contribution in [2.75, 3.05) is 18.5 Å². The normalized spacial score (nSPS) is 14.4. The first-order valence-corrected chi connectivity index (χ1v) is 10.4. The van der Waals surface area contributed by atoms with E-state index in [-0.39, 0.29) is 31.4 Å². The molecule has 0 unspecified atom stereocenters. The molecule has 0 bridgehead atoms. The molecular weight excluding hydrogens is 410 g/mol. The van der Waals surface area contributed by atoms with E-state index in [2.05, 4.69) is 5.32 Å². The highest BCUT2D eigenvalue weighted by Crippen LogP contribution is 2.32. The summed E-state index contributed by atoms with van der Waals surface area (Å²) in [6, 6.07) is 13.3. The van der Waals surface area contributed by atoms with E-state index >= 15 is 0 Å². The fourth-order valence-electron chi connectivity index (χ4n) is 3.87. The van der Waals surface area contributed by atoms with Gasteiger partial charge in [0.25, 0.3) is 11.8 Å². The summed E-state index contributed by atoms with van der Waals surface area (Å²) in [6.45, 7) is 5.24. The zero-order valence-corrected chi connectivity index (χ0v) is 18.2. The maximum atomic E-state index is 12.5. The number of benzene rings is 2. The van der Waals surface area contributed by atoms with E-state index in [9.17, 15) is 14.4 Å². The Morgan fingerprint density at radius 1 is 1.06 bits per heavy atom. The second kappa shape index (κ2) is 8.12. The predicted octanol–water partition coefficient (Wildman–Crippen LogP) is 2.79. The average molecular weight is 435 g/mol. The number of ether oxygens (including phenoxy) is 1. The SMILES string of the molecule is CC(C)(C)OC(=O)Cn1c2ccccc2c2cc(NC3=CC(=O)N(CCO)C3=O)ccc21. The molecule has 4 rings (SSSR count). The number of aromatic nitrogens is 1. The van der Waals surface area contributed by atoms with Gasteiger partial charge >= 0.3 is 5.97 Å². The summed E-state index contributed by atoms with van der Waals surface area (Å²) < 4.78 is 7.41. The molecule has 32 heavy (non-hydrogen) atoms. The number of fused-ring (bicyclic) bond motifs is 3. The lowest BCUT2D eigenvalue weighted by molar-refractivity contribution is -0.155. The van der Waals surface area contributed by atoms with E-state index in [1.165, 1.54) is 6.08 Å². The molecule has 2 N–H and O–H groups in total. The van der Waals surface area contributed by atoms with Crippen molar-refractivity contribution >= 4 is 45.3 Å². The maximum Gasteiger partial charge on any atom is 0.326 e. The Labute approximate surface area is 185 Å². The number of aliphatic hydroxyl groups is 1. The number of β-amino-alcohol motifs (C(OH)–C–C–N with tert-alkyl or cyclic N) is 1. The van der Waals surface area contributed by atoms with Gasteiger partial charge in [0.05, 0.1) is 13.2 Å². The first-order valence-electron chi connectivity index (χ1n) is 10.4. The Hall–Kier alpha value is -3.65. The molecule has 166 valence electrons. The summed E-state index contributed by atoms with van der Waals surface area (Å²) in [5.41, 5.74) is 1.96. The van der Waals surface area contributed by atoms with Crippen molar-refractivity contribution in [1.29, 1.82) is 0 Å². The van der Waals surface area contributed by atoms with Crippen LogP contribution >= 0.6 is 0 Å². The monoisotopic (exact) mass is 435 g/mol. The second-order valence-electron chi connectivity index (χ2n) is 8.62. The van der Waals surface area contributed by atoms with E-state index in [4.69, 9.17) is 9.84 Å². The van der Waals surface area contributed by atoms with Gasteiger partial charge < -0.3 is 19.7 Å². The Kier molecular flexibility index (Phi) is 5.48. The lowest BCUT2D eigenvalue weighted by Crippen LogP contribution is -2.34. The van der Waals surface area contributed by atoms with Crippen LogP contribution in [0.2, 0.25) is 0 Å². The van der Waals surface area contributed by atoms with Gasteiger partial charge in [-0.25, -0.2) is 0 Å². The van der Waals surface area contributed by atoms with Crippen LogP contribution in [0.1, 0.15) is 20.8 Å². The molecule has 0 aliphatic carbocycles. The zero-order valence-electron chi connectivity index (χ0n) is 18.2. The van der Waals surface area contributed by atoms with Gasteiger partial charge in [-0.1, -0.05) is 18.2 Å². The maximum absolute atomic E-state index is 12.5. The summed E-state index contributed by atoms with van der Waals surface area (Å²) >= 11 is 0. The lowest BCUT2D eigenvalue weighted by atomic mass is 10.1. The molecule has 1 aromatic heterocycles. The fourth-order valence-corrected chi connectivity index (χ4v) is 3.87. The van der Waals surface area contributed by atoms with Crippen molar-refractivity contribution < 1.29 is 24.2 Å². The third-order valence-corrected chi connectivity index (χ3v) is 5.09. The van der Waals surface area contributed by atoms with Crippen LogP contribution in [0.5, 0.6) is 0 Å². The van der Waals surface area contributed by atoms with Crippen molar-refractivity contribution in [1.82, 2.24) is 9.47 Å². The van der Waals surface area contributed by atoms with Gasteiger partial charge in [-0.3, -0.25) is 19.3 Å². The molecule has 2 heterocycles. The Balaban J connectivity index is 1.69. The van der Waals surface area contributed by atoms with Crippen LogP contribution in [0.3, 0.4) is 0 Å². The van der Waals surface area contributed by atoms with Gasteiger partial charge in [0.15, 0.2) is 0 Å². The third kappa shape index (κ3) is 4.09. The molecule has 0 atom stereocenters. The minimum atomic E-state index is -0.574. The molecule has 2 aromatic carbocycles. The average Bonchev–Trinajstić information content (AvgIpc) is 3.16. The molecular formula is C24H25N3O5. The van der Waals surface area contributed by atoms with Crippen LogP contribution in [0.25, 0.3) is 21.8 Å². The van der Waals surface area contributed by atoms with Crippen molar-refractivity contribution in [2.24, 2.45) is 0 Å². The quantitative estimate of drug-likeness (QED) is 0.456. The van der Waals surface area contributed by atoms with Gasteiger partial charge in [0.2, 0.25) is 0 Å². The van der Waals surface area contributed by atoms with Crippen LogP contribution < -0.4 is 5.32 Å². The summed E-state index contributed by atoms with van der Waals surface area (Å²) in [7, 11) is 0. The van der Waals surface area contributed by atoms with Gasteiger partial charge in [-0.2, -0.15) is 0 Å². The number of hydrogen-bond donors (Lipinski definition) is 2. The zero-order chi connectivity index (χ0) is 23.0. The number of para-hydroxylation sites is 1. The summed E-state index contributed by atoms with van der Waals surface area (Å²) in [6.07, 6.45) is 1.23. The highest BCUT2D eigenvalue weighted by Gasteiger charge is 2.30. The molecule has 1 aliphatic heterocycles. The molecule has 0 saturated heterocycles. The number of hydrogen-bond acceptors (Lipinski definition) is 6. The Morgan fingerprint density at radius 2 is 1.78 bits per heavy atom. The molecule has 3 aromatic rings. The molecule has 8 nitrogen and oxygen atoms in total. The molecule has 0 saturated carbocycles. The lowest BCUT2D eigenvalue weighted by Gasteiger charge is -2.20. The Morgan fingerprint density at radius 3 is 2.50 bits per heavy atom. The number of nitrogens with zero attached hydrogens (tertiary/aromatic N) is 2. The fraction of sp³-hybridized carbons (Fsp3) is 0.292. The van der Waals surface area contributed by atoms with E-state index in [1.54, 1.807) is 6.07 Å². The van der Waals surface area contributed by atoms with Crippen molar-refractivity contribution in [2.45, 2.75) is 32.9 Å². The largest absolute Gasteiger partial charge is 0.459 e. The molecule has 0 spiro atoms. The first-order chi connectivity index (χ1) is 15.2. The van der Waals surface area contributed by atoms with E-state index < -0.39 is 17.4 Å². The van der Waals surface area contributed by atoms with Crippen molar-refractivity contribution in [3.05, 3.63) is 54.2 Å². The highest BCUT2D eigenvalue weighted by atomic mass is 16.6. The molecule has 0 fully saturated rings. The number of carbonyl (C=O) groups is 3. The molecule has 0 radical (unpaired) electrons. The third-order valence-electron chi connectivity index (χ3n) is 5.09. The Bertz CT molecular complexity index is 1270. The molecule has 1 aliphatic rings. The summed E-state index contributed by atoms with van der Waals surface area (Å²) in [5, 5.41) is 13.9.